The lowest BCUT2D eigenvalue weighted by Crippen LogP contribution is -1.99. The van der Waals surface area contributed by atoms with Crippen LogP contribution >= 0.6 is 0 Å². The van der Waals surface area contributed by atoms with Crippen LogP contribution in [0.25, 0.3) is 0 Å². The number of carbonyl (C=O) groups is 1. The summed E-state index contributed by atoms with van der Waals surface area (Å²) in [5.74, 6) is 0.795. The van der Waals surface area contributed by atoms with Gasteiger partial charge in [-0.3, -0.25) is 9.78 Å². The molecule has 1 aromatic carbocycles. The molecule has 2 rings (SSSR count). The molecule has 1 aromatic heterocycles. The van der Waals surface area contributed by atoms with Crippen molar-refractivity contribution in [2.75, 3.05) is 7.11 Å². The van der Waals surface area contributed by atoms with Crippen molar-refractivity contribution in [2.45, 2.75) is 19.8 Å². The number of nitrogens with zero attached hydrogens (tertiary/aromatic N) is 1. The molecule has 1 N–H and O–H groups in total. The van der Waals surface area contributed by atoms with Crippen LogP contribution in [0, 0.1) is 6.92 Å². The van der Waals surface area contributed by atoms with Crippen molar-refractivity contribution in [1.82, 2.24) is 4.98 Å². The van der Waals surface area contributed by atoms with E-state index in [4.69, 9.17) is 4.74 Å². The Kier molecular flexibility index (Phi) is 4.35. The van der Waals surface area contributed by atoms with E-state index in [-0.39, 0.29) is 5.75 Å². The highest BCUT2D eigenvalue weighted by molar-refractivity contribution is 5.79. The molecule has 0 aliphatic heterocycles. The third-order valence-electron chi connectivity index (χ3n) is 3.21. The van der Waals surface area contributed by atoms with Gasteiger partial charge in [-0.15, -0.1) is 0 Å². The summed E-state index contributed by atoms with van der Waals surface area (Å²) in [4.78, 5) is 15.2. The van der Waals surface area contributed by atoms with Crippen LogP contribution in [0.5, 0.6) is 11.5 Å². The zero-order valence-electron chi connectivity index (χ0n) is 11.6. The molecule has 2 aromatic rings. The van der Waals surface area contributed by atoms with Gasteiger partial charge < -0.3 is 9.84 Å². The summed E-state index contributed by atoms with van der Waals surface area (Å²) in [6.45, 7) is 1.69. The summed E-state index contributed by atoms with van der Waals surface area (Å²) in [6, 6.07) is 9.49. The lowest BCUT2D eigenvalue weighted by Gasteiger charge is -2.07. The second kappa shape index (κ2) is 6.19. The fourth-order valence-electron chi connectivity index (χ4n) is 2.04. The van der Waals surface area contributed by atoms with Crippen LogP contribution in [0.1, 0.15) is 27.3 Å². The number of hydrogen-bond acceptors (Lipinski definition) is 4. The average Bonchev–Trinajstić information content (AvgIpc) is 2.48. The number of aromatic hydroxyl groups is 1. The Balaban J connectivity index is 2.10. The molecule has 0 spiro atoms. The SMILES string of the molecule is COc1ccc(CCc2cc(C=O)c(O)c(C)n2)cc1. The molecular formula is C16H17NO3. The molecule has 0 saturated heterocycles. The van der Waals surface area contributed by atoms with E-state index in [2.05, 4.69) is 4.98 Å². The van der Waals surface area contributed by atoms with E-state index >= 15 is 0 Å². The van der Waals surface area contributed by atoms with Gasteiger partial charge in [-0.2, -0.15) is 0 Å². The summed E-state index contributed by atoms with van der Waals surface area (Å²) in [6.07, 6.45) is 2.19. The van der Waals surface area contributed by atoms with Crippen molar-refractivity contribution < 1.29 is 14.6 Å². The van der Waals surface area contributed by atoms with Gasteiger partial charge in [-0.05, 0) is 43.5 Å². The van der Waals surface area contributed by atoms with Gasteiger partial charge in [0.15, 0.2) is 6.29 Å². The van der Waals surface area contributed by atoms with E-state index < -0.39 is 0 Å². The number of methoxy groups -OCH3 is 1. The molecule has 0 bridgehead atoms. The quantitative estimate of drug-likeness (QED) is 0.849. The molecule has 0 aliphatic carbocycles. The second-order valence-electron chi connectivity index (χ2n) is 4.60. The molecule has 20 heavy (non-hydrogen) atoms. The lowest BCUT2D eigenvalue weighted by atomic mass is 10.1. The molecule has 1 heterocycles. The van der Waals surface area contributed by atoms with Crippen LogP contribution < -0.4 is 4.74 Å². The summed E-state index contributed by atoms with van der Waals surface area (Å²) < 4.78 is 5.11. The molecule has 0 fully saturated rings. The lowest BCUT2D eigenvalue weighted by molar-refractivity contribution is 0.112. The topological polar surface area (TPSA) is 59.4 Å². The predicted octanol–water partition coefficient (Wildman–Crippen LogP) is 2.70. The van der Waals surface area contributed by atoms with Gasteiger partial charge >= 0.3 is 0 Å². The van der Waals surface area contributed by atoms with Gasteiger partial charge in [0.2, 0.25) is 0 Å². The van der Waals surface area contributed by atoms with E-state index in [1.54, 1.807) is 20.1 Å². The number of aryl methyl sites for hydroxylation is 3. The van der Waals surface area contributed by atoms with Crippen molar-refractivity contribution in [3.63, 3.8) is 0 Å². The third kappa shape index (κ3) is 3.15. The Labute approximate surface area is 118 Å². The molecule has 0 aliphatic rings. The van der Waals surface area contributed by atoms with Crippen molar-refractivity contribution in [3.05, 3.63) is 52.8 Å². The van der Waals surface area contributed by atoms with Crippen LogP contribution in [0.3, 0.4) is 0 Å². The average molecular weight is 271 g/mol. The Morgan fingerprint density at radius 2 is 1.95 bits per heavy atom. The van der Waals surface area contributed by atoms with E-state index in [9.17, 15) is 9.90 Å². The summed E-state index contributed by atoms with van der Waals surface area (Å²) in [7, 11) is 1.64. The number of benzene rings is 1. The number of aldehydes is 1. The minimum absolute atomic E-state index is 0.0341. The predicted molar refractivity (Wildman–Crippen MR) is 76.4 cm³/mol. The number of aromatic nitrogens is 1. The first-order valence-corrected chi connectivity index (χ1v) is 6.41. The summed E-state index contributed by atoms with van der Waals surface area (Å²) in [5.41, 5.74) is 2.76. The molecule has 0 amide bonds. The van der Waals surface area contributed by atoms with Gasteiger partial charge in [0.1, 0.15) is 11.5 Å². The monoisotopic (exact) mass is 271 g/mol. The molecule has 4 nitrogen and oxygen atoms in total. The molecule has 0 unspecified atom stereocenters. The van der Waals surface area contributed by atoms with Crippen LogP contribution in [0.15, 0.2) is 30.3 Å². The number of pyridine rings is 1. The van der Waals surface area contributed by atoms with Gasteiger partial charge in [0.25, 0.3) is 0 Å². The summed E-state index contributed by atoms with van der Waals surface area (Å²) in [5, 5.41) is 9.66. The van der Waals surface area contributed by atoms with E-state index in [1.807, 2.05) is 24.3 Å². The van der Waals surface area contributed by atoms with Crippen LogP contribution in [0.4, 0.5) is 0 Å². The van der Waals surface area contributed by atoms with Crippen LogP contribution in [-0.2, 0) is 12.8 Å². The fraction of sp³-hybridized carbons (Fsp3) is 0.250. The fourth-order valence-corrected chi connectivity index (χ4v) is 2.04. The third-order valence-corrected chi connectivity index (χ3v) is 3.21. The molecule has 104 valence electrons. The first-order valence-electron chi connectivity index (χ1n) is 6.41. The minimum Gasteiger partial charge on any atom is -0.505 e. The van der Waals surface area contributed by atoms with Crippen molar-refractivity contribution in [2.24, 2.45) is 0 Å². The van der Waals surface area contributed by atoms with Gasteiger partial charge in [0.05, 0.1) is 18.4 Å². The zero-order chi connectivity index (χ0) is 14.5. The van der Waals surface area contributed by atoms with Crippen LogP contribution in [0.2, 0.25) is 0 Å². The Morgan fingerprint density at radius 1 is 1.25 bits per heavy atom. The van der Waals surface area contributed by atoms with Crippen molar-refractivity contribution in [1.29, 1.82) is 0 Å². The smallest absolute Gasteiger partial charge is 0.153 e. The van der Waals surface area contributed by atoms with E-state index in [0.717, 1.165) is 17.9 Å². The van der Waals surface area contributed by atoms with Crippen LogP contribution in [-0.4, -0.2) is 23.5 Å². The minimum atomic E-state index is -0.0341. The van der Waals surface area contributed by atoms with Gasteiger partial charge in [-0.25, -0.2) is 0 Å². The first kappa shape index (κ1) is 14.1. The maximum atomic E-state index is 10.9. The normalized spacial score (nSPS) is 10.3. The van der Waals surface area contributed by atoms with E-state index in [1.165, 1.54) is 5.56 Å². The molecular weight excluding hydrogens is 254 g/mol. The number of rotatable bonds is 5. The molecule has 4 heteroatoms. The van der Waals surface area contributed by atoms with Gasteiger partial charge in [0, 0.05) is 5.69 Å². The number of ether oxygens (including phenoxy) is 1. The first-order chi connectivity index (χ1) is 9.63. The Morgan fingerprint density at radius 3 is 2.55 bits per heavy atom. The number of carbonyl (C=O) groups excluding carboxylic acids is 1. The summed E-state index contributed by atoms with van der Waals surface area (Å²) >= 11 is 0. The Hall–Kier alpha value is -2.36. The van der Waals surface area contributed by atoms with Crippen molar-refractivity contribution in [3.8, 4) is 11.5 Å². The second-order valence-corrected chi connectivity index (χ2v) is 4.60. The highest BCUT2D eigenvalue weighted by Gasteiger charge is 2.08. The molecule has 0 saturated carbocycles. The Bertz CT molecular complexity index is 606. The maximum absolute atomic E-state index is 10.9. The largest absolute Gasteiger partial charge is 0.505 e. The number of hydrogen-bond donors (Lipinski definition) is 1. The highest BCUT2D eigenvalue weighted by atomic mass is 16.5. The molecule has 0 radical (unpaired) electrons. The highest BCUT2D eigenvalue weighted by Crippen LogP contribution is 2.20. The van der Waals surface area contributed by atoms with Gasteiger partial charge in [-0.1, -0.05) is 12.1 Å². The maximum Gasteiger partial charge on any atom is 0.153 e. The standard InChI is InChI=1S/C16H17NO3/c1-11-16(19)13(10-18)9-14(17-11)6-3-12-4-7-15(20-2)8-5-12/h4-5,7-10,19H,3,6H2,1-2H3. The van der Waals surface area contributed by atoms with E-state index in [0.29, 0.717) is 24.0 Å². The van der Waals surface area contributed by atoms with Crippen molar-refractivity contribution >= 4 is 6.29 Å². The zero-order valence-corrected chi connectivity index (χ0v) is 11.6. The molecule has 0 atom stereocenters.